The highest BCUT2D eigenvalue weighted by Crippen LogP contribution is 2.21. The van der Waals surface area contributed by atoms with E-state index in [0.717, 1.165) is 0 Å². The van der Waals surface area contributed by atoms with Crippen LogP contribution in [0.5, 0.6) is 0 Å². The van der Waals surface area contributed by atoms with E-state index in [2.05, 4.69) is 5.32 Å². The Morgan fingerprint density at radius 1 is 1.56 bits per heavy atom. The molecular weight excluding hydrogens is 216 g/mol. The highest BCUT2D eigenvalue weighted by atomic mass is 16.5. The van der Waals surface area contributed by atoms with Gasteiger partial charge in [-0.15, -0.1) is 0 Å². The van der Waals surface area contributed by atoms with E-state index in [-0.39, 0.29) is 6.61 Å². The molecule has 1 heterocycles. The summed E-state index contributed by atoms with van der Waals surface area (Å²) in [4.78, 5) is 34.5. The summed E-state index contributed by atoms with van der Waals surface area (Å²) in [6, 6.07) is -0.689. The van der Waals surface area contributed by atoms with E-state index in [0.29, 0.717) is 11.3 Å². The zero-order valence-corrected chi connectivity index (χ0v) is 9.15. The van der Waals surface area contributed by atoms with Gasteiger partial charge in [0.05, 0.1) is 6.61 Å². The van der Waals surface area contributed by atoms with E-state index in [1.54, 1.807) is 6.92 Å². The van der Waals surface area contributed by atoms with Crippen molar-refractivity contribution in [3.63, 3.8) is 0 Å². The monoisotopic (exact) mass is 230 g/mol. The standard InChI is InChI=1S/C9H14N2O5/c1-3-9(5-16-2)7(14)11(4-6(12)13)8(15)10-9/h3-5H2,1-2H3,(H,10,15)(H,12,13). The summed E-state index contributed by atoms with van der Waals surface area (Å²) in [5.41, 5.74) is -1.12. The molecule has 0 saturated carbocycles. The largest absolute Gasteiger partial charge is 0.480 e. The van der Waals surface area contributed by atoms with Crippen LogP contribution in [0.25, 0.3) is 0 Å². The number of amides is 3. The third kappa shape index (κ3) is 1.99. The number of methoxy groups -OCH3 is 1. The number of ether oxygens (including phenoxy) is 1. The Kier molecular flexibility index (Phi) is 3.48. The molecule has 0 bridgehead atoms. The number of hydrogen-bond donors (Lipinski definition) is 2. The lowest BCUT2D eigenvalue weighted by Gasteiger charge is -2.23. The van der Waals surface area contributed by atoms with Crippen molar-refractivity contribution < 1.29 is 24.2 Å². The number of carbonyl (C=O) groups is 3. The molecule has 3 amide bonds. The number of nitrogens with zero attached hydrogens (tertiary/aromatic N) is 1. The second kappa shape index (κ2) is 4.48. The topological polar surface area (TPSA) is 95.9 Å². The summed E-state index contributed by atoms with van der Waals surface area (Å²) in [6.07, 6.45) is 0.349. The molecule has 0 aliphatic carbocycles. The molecular formula is C9H14N2O5. The average Bonchev–Trinajstić information content (AvgIpc) is 2.44. The Balaban J connectivity index is 2.91. The first-order valence-corrected chi connectivity index (χ1v) is 4.81. The number of carbonyl (C=O) groups excluding carboxylic acids is 2. The molecule has 16 heavy (non-hydrogen) atoms. The lowest BCUT2D eigenvalue weighted by atomic mass is 9.97. The molecule has 0 aromatic rings. The highest BCUT2D eigenvalue weighted by molar-refractivity contribution is 6.08. The van der Waals surface area contributed by atoms with Gasteiger partial charge in [-0.1, -0.05) is 6.92 Å². The van der Waals surface area contributed by atoms with Crippen molar-refractivity contribution in [2.45, 2.75) is 18.9 Å². The van der Waals surface area contributed by atoms with Crippen molar-refractivity contribution in [1.82, 2.24) is 10.2 Å². The summed E-state index contributed by atoms with van der Waals surface area (Å²) < 4.78 is 4.88. The number of carboxylic acid groups (broad SMARTS) is 1. The second-order valence-corrected chi connectivity index (χ2v) is 3.58. The summed E-state index contributed by atoms with van der Waals surface area (Å²) in [5, 5.41) is 11.0. The molecule has 1 aliphatic rings. The normalized spacial score (nSPS) is 24.8. The lowest BCUT2D eigenvalue weighted by molar-refractivity contribution is -0.143. The van der Waals surface area contributed by atoms with Gasteiger partial charge in [0.15, 0.2) is 0 Å². The van der Waals surface area contributed by atoms with Gasteiger partial charge in [-0.05, 0) is 6.42 Å². The van der Waals surface area contributed by atoms with Crippen LogP contribution in [0.1, 0.15) is 13.3 Å². The molecule has 7 heteroatoms. The van der Waals surface area contributed by atoms with Crippen LogP contribution in [0, 0.1) is 0 Å². The number of imide groups is 1. The zero-order chi connectivity index (χ0) is 12.3. The number of aliphatic carboxylic acids is 1. The van der Waals surface area contributed by atoms with Crippen LogP contribution in [-0.2, 0) is 14.3 Å². The molecule has 1 atom stereocenters. The number of hydrogen-bond acceptors (Lipinski definition) is 4. The Hall–Kier alpha value is -1.63. The first-order valence-electron chi connectivity index (χ1n) is 4.81. The van der Waals surface area contributed by atoms with Gasteiger partial charge in [0.2, 0.25) is 0 Å². The first kappa shape index (κ1) is 12.4. The number of nitrogens with one attached hydrogen (secondary N) is 1. The molecule has 1 fully saturated rings. The fourth-order valence-corrected chi connectivity index (χ4v) is 1.64. The molecule has 0 spiro atoms. The third-order valence-corrected chi connectivity index (χ3v) is 2.53. The molecule has 1 rings (SSSR count). The molecule has 1 saturated heterocycles. The van der Waals surface area contributed by atoms with Gasteiger partial charge in [0.1, 0.15) is 12.1 Å². The summed E-state index contributed by atoms with van der Waals surface area (Å²) in [6.45, 7) is 1.13. The molecule has 2 N–H and O–H groups in total. The van der Waals surface area contributed by atoms with Crippen molar-refractivity contribution in [2.24, 2.45) is 0 Å². The van der Waals surface area contributed by atoms with E-state index in [9.17, 15) is 14.4 Å². The van der Waals surface area contributed by atoms with Gasteiger partial charge in [0, 0.05) is 7.11 Å². The molecule has 0 aromatic heterocycles. The van der Waals surface area contributed by atoms with Crippen LogP contribution in [0.3, 0.4) is 0 Å². The maximum atomic E-state index is 11.9. The number of rotatable bonds is 5. The SMILES string of the molecule is CCC1(COC)NC(=O)N(CC(=O)O)C1=O. The van der Waals surface area contributed by atoms with Crippen LogP contribution in [0.2, 0.25) is 0 Å². The number of carboxylic acids is 1. The van der Waals surface area contributed by atoms with Gasteiger partial charge in [-0.2, -0.15) is 0 Å². The van der Waals surface area contributed by atoms with Crippen molar-refractivity contribution in [1.29, 1.82) is 0 Å². The van der Waals surface area contributed by atoms with Crippen LogP contribution in [0.15, 0.2) is 0 Å². The first-order chi connectivity index (χ1) is 7.46. The average molecular weight is 230 g/mol. The molecule has 1 unspecified atom stereocenters. The predicted molar refractivity (Wildman–Crippen MR) is 52.8 cm³/mol. The highest BCUT2D eigenvalue weighted by Gasteiger charge is 2.50. The number of urea groups is 1. The minimum atomic E-state index is -1.23. The van der Waals surface area contributed by atoms with Crippen molar-refractivity contribution in [2.75, 3.05) is 20.3 Å². The van der Waals surface area contributed by atoms with Gasteiger partial charge in [0.25, 0.3) is 5.91 Å². The van der Waals surface area contributed by atoms with Crippen LogP contribution < -0.4 is 5.32 Å². The smallest absolute Gasteiger partial charge is 0.325 e. The van der Waals surface area contributed by atoms with Crippen LogP contribution >= 0.6 is 0 Å². The lowest BCUT2D eigenvalue weighted by Crippen LogP contribution is -2.50. The summed E-state index contributed by atoms with van der Waals surface area (Å²) in [5.74, 6) is -1.78. The Labute approximate surface area is 92.4 Å². The van der Waals surface area contributed by atoms with Gasteiger partial charge in [-0.3, -0.25) is 14.5 Å². The van der Waals surface area contributed by atoms with E-state index in [1.165, 1.54) is 7.11 Å². The minimum absolute atomic E-state index is 0.0319. The van der Waals surface area contributed by atoms with E-state index >= 15 is 0 Å². The van der Waals surface area contributed by atoms with Gasteiger partial charge >= 0.3 is 12.0 Å². The van der Waals surface area contributed by atoms with Gasteiger partial charge in [-0.25, -0.2) is 4.79 Å². The third-order valence-electron chi connectivity index (χ3n) is 2.53. The predicted octanol–water partition coefficient (Wildman–Crippen LogP) is -0.582. The molecule has 90 valence electrons. The van der Waals surface area contributed by atoms with Crippen molar-refractivity contribution in [3.8, 4) is 0 Å². The van der Waals surface area contributed by atoms with Crippen molar-refractivity contribution >= 4 is 17.9 Å². The zero-order valence-electron chi connectivity index (χ0n) is 9.15. The van der Waals surface area contributed by atoms with Gasteiger partial charge < -0.3 is 15.2 Å². The van der Waals surface area contributed by atoms with Crippen molar-refractivity contribution in [3.05, 3.63) is 0 Å². The maximum Gasteiger partial charge on any atom is 0.325 e. The Morgan fingerprint density at radius 3 is 2.62 bits per heavy atom. The van der Waals surface area contributed by atoms with E-state index in [4.69, 9.17) is 9.84 Å². The maximum absolute atomic E-state index is 11.9. The van der Waals surface area contributed by atoms with E-state index < -0.39 is 30.0 Å². The minimum Gasteiger partial charge on any atom is -0.480 e. The van der Waals surface area contributed by atoms with Crippen LogP contribution in [0.4, 0.5) is 4.79 Å². The fraction of sp³-hybridized carbons (Fsp3) is 0.667. The fourth-order valence-electron chi connectivity index (χ4n) is 1.64. The summed E-state index contributed by atoms with van der Waals surface area (Å²) in [7, 11) is 1.41. The molecule has 7 nitrogen and oxygen atoms in total. The second-order valence-electron chi connectivity index (χ2n) is 3.58. The Morgan fingerprint density at radius 2 is 2.19 bits per heavy atom. The Bertz CT molecular complexity index is 330. The summed E-state index contributed by atoms with van der Waals surface area (Å²) >= 11 is 0. The van der Waals surface area contributed by atoms with Crippen LogP contribution in [-0.4, -0.2) is 53.7 Å². The molecule has 1 aliphatic heterocycles. The quantitative estimate of drug-likeness (QED) is 0.616. The molecule has 0 aromatic carbocycles. The van der Waals surface area contributed by atoms with E-state index in [1.807, 2.05) is 0 Å². The molecule has 0 radical (unpaired) electrons.